The molecule has 96 valence electrons. The highest BCUT2D eigenvalue weighted by molar-refractivity contribution is 7.98. The largest absolute Gasteiger partial charge is 0.352 e. The maximum Gasteiger partial charge on any atom is 0.282 e. The Hall–Kier alpha value is -1.56. The molecule has 0 aliphatic heterocycles. The number of carbonyl (C=O) groups is 1. The van der Waals surface area contributed by atoms with Crippen LogP contribution in [0.2, 0.25) is 0 Å². The van der Waals surface area contributed by atoms with Gasteiger partial charge in [0.1, 0.15) is 5.56 Å². The zero-order valence-electron chi connectivity index (χ0n) is 10.0. The molecule has 0 radical (unpaired) electrons. The number of hydrogen-bond acceptors (Lipinski definition) is 4. The van der Waals surface area contributed by atoms with Gasteiger partial charge >= 0.3 is 0 Å². The highest BCUT2D eigenvalue weighted by Gasteiger charge is 2.24. The number of nitro benzene ring substituents is 1. The van der Waals surface area contributed by atoms with Gasteiger partial charge < -0.3 is 5.32 Å². The fraction of sp³-hybridized carbons (Fsp3) is 0.417. The van der Waals surface area contributed by atoms with Crippen LogP contribution < -0.4 is 5.32 Å². The molecule has 0 heterocycles. The van der Waals surface area contributed by atoms with E-state index in [1.54, 1.807) is 12.1 Å². The van der Waals surface area contributed by atoms with Crippen LogP contribution in [0.15, 0.2) is 23.1 Å². The van der Waals surface area contributed by atoms with E-state index in [1.807, 2.05) is 6.26 Å². The molecule has 1 aliphatic rings. The number of rotatable bonds is 5. The molecule has 0 unspecified atom stereocenters. The number of benzene rings is 1. The number of nitrogens with zero attached hydrogens (tertiary/aromatic N) is 1. The second-order valence-corrected chi connectivity index (χ2v) is 5.17. The summed E-state index contributed by atoms with van der Waals surface area (Å²) in [6.07, 6.45) is 4.13. The lowest BCUT2D eigenvalue weighted by molar-refractivity contribution is -0.385. The molecule has 0 bridgehead atoms. The average molecular weight is 266 g/mol. The summed E-state index contributed by atoms with van der Waals surface area (Å²) in [5, 5.41) is 13.6. The van der Waals surface area contributed by atoms with E-state index < -0.39 is 4.92 Å². The van der Waals surface area contributed by atoms with E-state index in [-0.39, 0.29) is 17.2 Å². The third-order valence-corrected chi connectivity index (χ3v) is 3.62. The molecule has 1 fully saturated rings. The molecule has 0 atom stereocenters. The Balaban J connectivity index is 2.20. The Morgan fingerprint density at radius 2 is 2.28 bits per heavy atom. The third-order valence-electron chi connectivity index (χ3n) is 2.89. The van der Waals surface area contributed by atoms with Crippen LogP contribution in [0.1, 0.15) is 23.2 Å². The smallest absolute Gasteiger partial charge is 0.282 e. The average Bonchev–Trinajstić information content (AvgIpc) is 3.19. The quantitative estimate of drug-likeness (QED) is 0.505. The maximum absolute atomic E-state index is 11.9. The molecule has 1 aromatic rings. The number of nitro groups is 1. The summed E-state index contributed by atoms with van der Waals surface area (Å²) in [5.74, 6) is 0.196. The Labute approximate surface area is 109 Å². The third kappa shape index (κ3) is 3.01. The molecule has 6 heteroatoms. The van der Waals surface area contributed by atoms with Crippen molar-refractivity contribution < 1.29 is 9.72 Å². The van der Waals surface area contributed by atoms with Gasteiger partial charge in [-0.25, -0.2) is 0 Å². The Bertz CT molecular complexity index is 486. The molecule has 0 saturated heterocycles. The highest BCUT2D eigenvalue weighted by Crippen LogP contribution is 2.28. The van der Waals surface area contributed by atoms with Crippen LogP contribution in [-0.2, 0) is 0 Å². The highest BCUT2D eigenvalue weighted by atomic mass is 32.2. The topological polar surface area (TPSA) is 72.2 Å². The van der Waals surface area contributed by atoms with Gasteiger partial charge in [-0.05, 0) is 37.1 Å². The fourth-order valence-electron chi connectivity index (χ4n) is 1.64. The van der Waals surface area contributed by atoms with E-state index in [1.165, 1.54) is 17.8 Å². The van der Waals surface area contributed by atoms with E-state index >= 15 is 0 Å². The lowest BCUT2D eigenvalue weighted by Crippen LogP contribution is -2.26. The van der Waals surface area contributed by atoms with Gasteiger partial charge in [0.2, 0.25) is 0 Å². The molecular weight excluding hydrogens is 252 g/mol. The lowest BCUT2D eigenvalue weighted by atomic mass is 10.1. The Kier molecular flexibility index (Phi) is 3.86. The van der Waals surface area contributed by atoms with Crippen molar-refractivity contribution in [1.82, 2.24) is 5.32 Å². The number of carbonyl (C=O) groups excluding carboxylic acids is 1. The lowest BCUT2D eigenvalue weighted by Gasteiger charge is -2.06. The summed E-state index contributed by atoms with van der Waals surface area (Å²) in [6.45, 7) is 0.611. The van der Waals surface area contributed by atoms with Gasteiger partial charge in [0, 0.05) is 17.5 Å². The van der Waals surface area contributed by atoms with Crippen molar-refractivity contribution in [2.24, 2.45) is 5.92 Å². The number of amides is 1. The summed E-state index contributed by atoms with van der Waals surface area (Å²) in [4.78, 5) is 23.2. The van der Waals surface area contributed by atoms with Crippen LogP contribution in [0.4, 0.5) is 5.69 Å². The zero-order valence-corrected chi connectivity index (χ0v) is 10.8. The number of nitrogens with one attached hydrogen (secondary N) is 1. The first-order chi connectivity index (χ1) is 8.61. The zero-order chi connectivity index (χ0) is 13.1. The van der Waals surface area contributed by atoms with E-state index in [4.69, 9.17) is 0 Å². The summed E-state index contributed by atoms with van der Waals surface area (Å²) < 4.78 is 0. The van der Waals surface area contributed by atoms with Crippen molar-refractivity contribution in [3.63, 3.8) is 0 Å². The van der Waals surface area contributed by atoms with Crippen LogP contribution in [0.5, 0.6) is 0 Å². The van der Waals surface area contributed by atoms with Crippen molar-refractivity contribution in [1.29, 1.82) is 0 Å². The Morgan fingerprint density at radius 1 is 1.56 bits per heavy atom. The van der Waals surface area contributed by atoms with Crippen molar-refractivity contribution in [2.75, 3.05) is 12.8 Å². The first kappa shape index (κ1) is 12.9. The molecule has 0 aromatic heterocycles. The minimum absolute atomic E-state index is 0.138. The van der Waals surface area contributed by atoms with Crippen molar-refractivity contribution in [2.45, 2.75) is 17.7 Å². The molecule has 1 aromatic carbocycles. The van der Waals surface area contributed by atoms with E-state index in [0.717, 1.165) is 17.7 Å². The fourth-order valence-corrected chi connectivity index (χ4v) is 2.08. The van der Waals surface area contributed by atoms with Crippen LogP contribution >= 0.6 is 11.8 Å². The predicted molar refractivity (Wildman–Crippen MR) is 69.9 cm³/mol. The minimum atomic E-state index is -0.518. The second kappa shape index (κ2) is 5.39. The summed E-state index contributed by atoms with van der Waals surface area (Å²) in [5.41, 5.74) is 0.00796. The van der Waals surface area contributed by atoms with Crippen LogP contribution in [0.3, 0.4) is 0 Å². The first-order valence-corrected chi connectivity index (χ1v) is 6.95. The normalized spacial score (nSPS) is 14.3. The first-order valence-electron chi connectivity index (χ1n) is 5.72. The maximum atomic E-state index is 11.9. The standard InChI is InChI=1S/C12H14N2O3S/c1-18-9-4-5-11(14(16)17)10(6-9)12(15)13-7-8-2-3-8/h4-6,8H,2-3,7H2,1H3,(H,13,15). The molecule has 0 spiro atoms. The molecule has 1 N–H and O–H groups in total. The number of hydrogen-bond donors (Lipinski definition) is 1. The van der Waals surface area contributed by atoms with Gasteiger partial charge in [0.25, 0.3) is 11.6 Å². The summed E-state index contributed by atoms with van der Waals surface area (Å²) in [6, 6.07) is 4.61. The molecule has 1 aliphatic carbocycles. The van der Waals surface area contributed by atoms with Gasteiger partial charge in [-0.15, -0.1) is 11.8 Å². The summed E-state index contributed by atoms with van der Waals surface area (Å²) in [7, 11) is 0. The van der Waals surface area contributed by atoms with Crippen LogP contribution in [0.25, 0.3) is 0 Å². The van der Waals surface area contributed by atoms with E-state index in [9.17, 15) is 14.9 Å². The van der Waals surface area contributed by atoms with Gasteiger partial charge in [0.05, 0.1) is 4.92 Å². The molecule has 5 nitrogen and oxygen atoms in total. The van der Waals surface area contributed by atoms with Gasteiger partial charge in [0.15, 0.2) is 0 Å². The molecule has 1 amide bonds. The van der Waals surface area contributed by atoms with Gasteiger partial charge in [-0.3, -0.25) is 14.9 Å². The monoisotopic (exact) mass is 266 g/mol. The van der Waals surface area contributed by atoms with E-state index in [0.29, 0.717) is 12.5 Å². The molecule has 1 saturated carbocycles. The number of thioether (sulfide) groups is 1. The van der Waals surface area contributed by atoms with Crippen molar-refractivity contribution >= 4 is 23.4 Å². The predicted octanol–water partition coefficient (Wildman–Crippen LogP) is 2.46. The van der Waals surface area contributed by atoms with Crippen LogP contribution in [0, 0.1) is 16.0 Å². The van der Waals surface area contributed by atoms with Gasteiger partial charge in [-0.2, -0.15) is 0 Å². The Morgan fingerprint density at radius 3 is 2.83 bits per heavy atom. The van der Waals surface area contributed by atoms with Crippen LogP contribution in [-0.4, -0.2) is 23.6 Å². The van der Waals surface area contributed by atoms with Gasteiger partial charge in [-0.1, -0.05) is 0 Å². The molecular formula is C12H14N2O3S. The van der Waals surface area contributed by atoms with E-state index in [2.05, 4.69) is 5.32 Å². The summed E-state index contributed by atoms with van der Waals surface area (Å²) >= 11 is 1.45. The molecule has 18 heavy (non-hydrogen) atoms. The minimum Gasteiger partial charge on any atom is -0.352 e. The SMILES string of the molecule is CSc1ccc([N+](=O)[O-])c(C(=O)NCC2CC2)c1. The molecule has 2 rings (SSSR count). The second-order valence-electron chi connectivity index (χ2n) is 4.29. The van der Waals surface area contributed by atoms with Crippen molar-refractivity contribution in [3.05, 3.63) is 33.9 Å². The van der Waals surface area contributed by atoms with Crippen molar-refractivity contribution in [3.8, 4) is 0 Å².